The lowest BCUT2D eigenvalue weighted by molar-refractivity contribution is 0.272. The monoisotopic (exact) mass is 247 g/mol. The summed E-state index contributed by atoms with van der Waals surface area (Å²) in [6, 6.07) is 0.0328. The van der Waals surface area contributed by atoms with E-state index in [1.807, 2.05) is 6.92 Å². The zero-order valence-corrected chi connectivity index (χ0v) is 10.1. The van der Waals surface area contributed by atoms with Gasteiger partial charge in [0.15, 0.2) is 11.6 Å². The third-order valence-electron chi connectivity index (χ3n) is 2.51. The third kappa shape index (κ3) is 3.02. The summed E-state index contributed by atoms with van der Waals surface area (Å²) in [5.74, 6) is -0.344. The highest BCUT2D eigenvalue weighted by atomic mass is 35.5. The van der Waals surface area contributed by atoms with Gasteiger partial charge in [-0.25, -0.2) is 9.37 Å². The van der Waals surface area contributed by atoms with Crippen molar-refractivity contribution in [3.05, 3.63) is 17.3 Å². The van der Waals surface area contributed by atoms with Crippen LogP contribution in [-0.2, 0) is 0 Å². The molecule has 0 saturated heterocycles. The summed E-state index contributed by atoms with van der Waals surface area (Å²) < 4.78 is 13.5. The maximum Gasteiger partial charge on any atom is 0.224 e. The largest absolute Gasteiger partial charge is 0.396 e. The fourth-order valence-electron chi connectivity index (χ4n) is 1.58. The minimum atomic E-state index is -0.511. The van der Waals surface area contributed by atoms with Gasteiger partial charge in [0.25, 0.3) is 0 Å². The van der Waals surface area contributed by atoms with Crippen molar-refractivity contribution in [1.29, 1.82) is 0 Å². The van der Waals surface area contributed by atoms with Crippen molar-refractivity contribution in [3.8, 4) is 0 Å². The van der Waals surface area contributed by atoms with Crippen LogP contribution in [0.2, 0.25) is 5.28 Å². The number of nitrogens with zero attached hydrogens (tertiary/aromatic N) is 3. The van der Waals surface area contributed by atoms with Gasteiger partial charge in [0.2, 0.25) is 5.28 Å². The van der Waals surface area contributed by atoms with E-state index in [9.17, 15) is 4.39 Å². The van der Waals surface area contributed by atoms with E-state index in [1.54, 1.807) is 11.9 Å². The van der Waals surface area contributed by atoms with Crippen LogP contribution in [0.1, 0.15) is 19.8 Å². The molecular formula is C10H15ClFN3O. The molecule has 0 bridgehead atoms. The summed E-state index contributed by atoms with van der Waals surface area (Å²) in [4.78, 5) is 9.08. The summed E-state index contributed by atoms with van der Waals surface area (Å²) in [6.45, 7) is 2.03. The SMILES string of the molecule is CCC(CCO)N(C)c1nc(Cl)ncc1F. The second-order valence-corrected chi connectivity index (χ2v) is 3.83. The number of halogens is 2. The molecule has 0 aromatic carbocycles. The van der Waals surface area contributed by atoms with Crippen LogP contribution in [0.25, 0.3) is 0 Å². The molecular weight excluding hydrogens is 233 g/mol. The normalized spacial score (nSPS) is 12.6. The van der Waals surface area contributed by atoms with Crippen molar-refractivity contribution in [1.82, 2.24) is 9.97 Å². The Balaban J connectivity index is 2.93. The van der Waals surface area contributed by atoms with Crippen LogP contribution in [0.5, 0.6) is 0 Å². The molecule has 0 amide bonds. The fraction of sp³-hybridized carbons (Fsp3) is 0.600. The van der Waals surface area contributed by atoms with Gasteiger partial charge in [-0.05, 0) is 24.4 Å². The second kappa shape index (κ2) is 5.96. The van der Waals surface area contributed by atoms with Crippen LogP contribution in [0.15, 0.2) is 6.20 Å². The smallest absolute Gasteiger partial charge is 0.224 e. The van der Waals surface area contributed by atoms with Crippen LogP contribution < -0.4 is 4.90 Å². The highest BCUT2D eigenvalue weighted by Crippen LogP contribution is 2.20. The molecule has 0 aliphatic heterocycles. The molecule has 1 unspecified atom stereocenters. The van der Waals surface area contributed by atoms with Crippen LogP contribution in [-0.4, -0.2) is 34.8 Å². The number of aliphatic hydroxyl groups is 1. The van der Waals surface area contributed by atoms with Crippen LogP contribution in [0.4, 0.5) is 10.2 Å². The summed E-state index contributed by atoms with van der Waals surface area (Å²) >= 11 is 5.62. The molecule has 1 rings (SSSR count). The van der Waals surface area contributed by atoms with Gasteiger partial charge in [-0.2, -0.15) is 4.98 Å². The molecule has 1 N–H and O–H groups in total. The van der Waals surface area contributed by atoms with Gasteiger partial charge in [0.1, 0.15) is 0 Å². The van der Waals surface area contributed by atoms with Crippen molar-refractivity contribution in [2.24, 2.45) is 0 Å². The number of aliphatic hydroxyl groups excluding tert-OH is 1. The van der Waals surface area contributed by atoms with Crippen LogP contribution >= 0.6 is 11.6 Å². The quantitative estimate of drug-likeness (QED) is 0.807. The highest BCUT2D eigenvalue weighted by Gasteiger charge is 2.18. The van der Waals surface area contributed by atoms with Gasteiger partial charge in [0.05, 0.1) is 6.20 Å². The van der Waals surface area contributed by atoms with E-state index < -0.39 is 5.82 Å². The Bertz CT molecular complexity index is 351. The number of aromatic nitrogens is 2. The van der Waals surface area contributed by atoms with Gasteiger partial charge < -0.3 is 10.0 Å². The fourth-order valence-corrected chi connectivity index (χ4v) is 1.71. The molecule has 0 radical (unpaired) electrons. The molecule has 4 nitrogen and oxygen atoms in total. The predicted octanol–water partition coefficient (Wildman–Crippen LogP) is 1.87. The van der Waals surface area contributed by atoms with E-state index >= 15 is 0 Å². The topological polar surface area (TPSA) is 49.2 Å². The lowest BCUT2D eigenvalue weighted by Gasteiger charge is -2.27. The summed E-state index contributed by atoms with van der Waals surface area (Å²) in [5, 5.41) is 8.92. The lowest BCUT2D eigenvalue weighted by atomic mass is 10.1. The van der Waals surface area contributed by atoms with Crippen molar-refractivity contribution in [3.63, 3.8) is 0 Å². The maximum absolute atomic E-state index is 13.5. The van der Waals surface area contributed by atoms with Crippen molar-refractivity contribution < 1.29 is 9.50 Å². The van der Waals surface area contributed by atoms with Crippen molar-refractivity contribution in [2.45, 2.75) is 25.8 Å². The molecule has 1 aromatic heterocycles. The average molecular weight is 248 g/mol. The third-order valence-corrected chi connectivity index (χ3v) is 2.69. The van der Waals surface area contributed by atoms with E-state index in [0.29, 0.717) is 6.42 Å². The van der Waals surface area contributed by atoms with Gasteiger partial charge >= 0.3 is 0 Å². The van der Waals surface area contributed by atoms with E-state index in [1.165, 1.54) is 0 Å². The van der Waals surface area contributed by atoms with E-state index in [-0.39, 0.29) is 23.8 Å². The molecule has 0 aliphatic carbocycles. The highest BCUT2D eigenvalue weighted by molar-refractivity contribution is 6.28. The van der Waals surface area contributed by atoms with Gasteiger partial charge in [-0.3, -0.25) is 0 Å². The van der Waals surface area contributed by atoms with Gasteiger partial charge in [0, 0.05) is 19.7 Å². The molecule has 1 atom stereocenters. The zero-order valence-electron chi connectivity index (χ0n) is 9.32. The number of hydrogen-bond acceptors (Lipinski definition) is 4. The Morgan fingerprint density at radius 1 is 1.62 bits per heavy atom. The minimum Gasteiger partial charge on any atom is -0.396 e. The minimum absolute atomic E-state index is 0.0158. The van der Waals surface area contributed by atoms with E-state index in [4.69, 9.17) is 16.7 Å². The Morgan fingerprint density at radius 2 is 2.31 bits per heavy atom. The molecule has 1 aromatic rings. The van der Waals surface area contributed by atoms with Crippen LogP contribution in [0.3, 0.4) is 0 Å². The first-order valence-corrected chi connectivity index (χ1v) is 5.49. The molecule has 1 heterocycles. The first-order valence-electron chi connectivity index (χ1n) is 5.11. The Morgan fingerprint density at radius 3 is 2.88 bits per heavy atom. The zero-order chi connectivity index (χ0) is 12.1. The van der Waals surface area contributed by atoms with Crippen LogP contribution in [0, 0.1) is 5.82 Å². The van der Waals surface area contributed by atoms with Crippen molar-refractivity contribution in [2.75, 3.05) is 18.6 Å². The molecule has 16 heavy (non-hydrogen) atoms. The summed E-state index contributed by atoms with van der Waals surface area (Å²) in [5.41, 5.74) is 0. The number of anilines is 1. The molecule has 90 valence electrons. The van der Waals surface area contributed by atoms with E-state index in [0.717, 1.165) is 12.6 Å². The molecule has 0 saturated carbocycles. The first kappa shape index (κ1) is 13.1. The summed E-state index contributed by atoms with van der Waals surface area (Å²) in [7, 11) is 1.73. The standard InChI is InChI=1S/C10H15ClFN3O/c1-3-7(4-5-16)15(2)9-8(12)6-13-10(11)14-9/h6-7,16H,3-5H2,1-2H3. The van der Waals surface area contributed by atoms with Crippen molar-refractivity contribution >= 4 is 17.4 Å². The summed E-state index contributed by atoms with van der Waals surface area (Å²) in [6.07, 6.45) is 2.40. The Labute approximate surface area is 99.1 Å². The Kier molecular flexibility index (Phi) is 4.89. The molecule has 0 fully saturated rings. The predicted molar refractivity (Wildman–Crippen MR) is 61.2 cm³/mol. The second-order valence-electron chi connectivity index (χ2n) is 3.50. The maximum atomic E-state index is 13.5. The molecule has 0 spiro atoms. The van der Waals surface area contributed by atoms with Gasteiger partial charge in [-0.1, -0.05) is 6.92 Å². The molecule has 0 aliphatic rings. The van der Waals surface area contributed by atoms with E-state index in [2.05, 4.69) is 9.97 Å². The lowest BCUT2D eigenvalue weighted by Crippen LogP contribution is -2.33. The molecule has 6 heteroatoms. The average Bonchev–Trinajstić information content (AvgIpc) is 2.28. The van der Waals surface area contributed by atoms with Gasteiger partial charge in [-0.15, -0.1) is 0 Å². The Hall–Kier alpha value is -0.940. The first-order chi connectivity index (χ1) is 7.60. The number of rotatable bonds is 5. The number of hydrogen-bond donors (Lipinski definition) is 1.